The van der Waals surface area contributed by atoms with Gasteiger partial charge in [-0.05, 0) is 49.8 Å². The van der Waals surface area contributed by atoms with Crippen molar-refractivity contribution >= 4 is 27.5 Å². The monoisotopic (exact) mass is 372 g/mol. The van der Waals surface area contributed by atoms with Crippen LogP contribution < -0.4 is 5.73 Å². The molecule has 2 aliphatic rings. The largest absolute Gasteiger partial charge is 0.393 e. The first-order valence-corrected chi connectivity index (χ1v) is 8.86. The lowest BCUT2D eigenvalue weighted by Crippen LogP contribution is -2.45. The highest BCUT2D eigenvalue weighted by molar-refractivity contribution is 9.10. The molecule has 1 aromatic carbocycles. The Labute approximate surface area is 139 Å². The average molecular weight is 374 g/mol. The van der Waals surface area contributed by atoms with Gasteiger partial charge in [-0.1, -0.05) is 33.6 Å². The molecule has 2 bridgehead atoms. The third-order valence-corrected chi connectivity index (χ3v) is 5.74. The Morgan fingerprint density at radius 2 is 2.00 bits per heavy atom. The van der Waals surface area contributed by atoms with Crippen molar-refractivity contribution in [2.75, 3.05) is 6.54 Å². The Kier molecular flexibility index (Phi) is 4.91. The van der Waals surface area contributed by atoms with Crippen molar-refractivity contribution in [3.63, 3.8) is 0 Å². The molecule has 2 saturated heterocycles. The Balaban J connectivity index is 1.60. The first-order chi connectivity index (χ1) is 10.0. The standard InChI is InChI=1S/C16H22BrClN2O/c17-10-1-4-14(15(18)7-10)16(19)5-6-20-11-2-3-12(20)9-13(21)8-11/h1,4,7,11-13,16,21H,2-3,5-6,8-9,19H2. The summed E-state index contributed by atoms with van der Waals surface area (Å²) in [6.45, 7) is 0.996. The first kappa shape index (κ1) is 15.8. The van der Waals surface area contributed by atoms with Gasteiger partial charge >= 0.3 is 0 Å². The van der Waals surface area contributed by atoms with Crippen LogP contribution in [0.25, 0.3) is 0 Å². The quantitative estimate of drug-likeness (QED) is 0.849. The molecule has 2 fully saturated rings. The Bertz CT molecular complexity index is 499. The molecule has 1 aromatic rings. The summed E-state index contributed by atoms with van der Waals surface area (Å²) < 4.78 is 0.978. The normalized spacial score (nSPS) is 30.6. The molecule has 3 rings (SSSR count). The molecule has 0 aliphatic carbocycles. The highest BCUT2D eigenvalue weighted by Crippen LogP contribution is 2.36. The van der Waals surface area contributed by atoms with E-state index < -0.39 is 0 Å². The van der Waals surface area contributed by atoms with Crippen LogP contribution in [0.1, 0.15) is 43.7 Å². The van der Waals surface area contributed by atoms with E-state index in [1.165, 1.54) is 12.8 Å². The van der Waals surface area contributed by atoms with Gasteiger partial charge in [-0.25, -0.2) is 0 Å². The summed E-state index contributed by atoms with van der Waals surface area (Å²) in [5.41, 5.74) is 7.34. The second-order valence-corrected chi connectivity index (χ2v) is 7.63. The van der Waals surface area contributed by atoms with E-state index in [1.54, 1.807) is 0 Å². The summed E-state index contributed by atoms with van der Waals surface area (Å²) in [6, 6.07) is 6.96. The zero-order valence-electron chi connectivity index (χ0n) is 12.0. The molecule has 21 heavy (non-hydrogen) atoms. The molecule has 2 aliphatic heterocycles. The van der Waals surface area contributed by atoms with Crippen LogP contribution in [0.5, 0.6) is 0 Å². The van der Waals surface area contributed by atoms with Gasteiger partial charge in [-0.3, -0.25) is 4.90 Å². The molecule has 2 heterocycles. The fraction of sp³-hybridized carbons (Fsp3) is 0.625. The number of rotatable bonds is 4. The minimum Gasteiger partial charge on any atom is -0.393 e. The van der Waals surface area contributed by atoms with Crippen molar-refractivity contribution in [2.24, 2.45) is 5.73 Å². The molecule has 116 valence electrons. The molecule has 0 amide bonds. The van der Waals surface area contributed by atoms with Crippen LogP contribution in [-0.2, 0) is 0 Å². The first-order valence-electron chi connectivity index (χ1n) is 7.69. The Morgan fingerprint density at radius 3 is 2.62 bits per heavy atom. The van der Waals surface area contributed by atoms with E-state index in [-0.39, 0.29) is 12.1 Å². The highest BCUT2D eigenvalue weighted by Gasteiger charge is 2.39. The van der Waals surface area contributed by atoms with Gasteiger partial charge in [-0.15, -0.1) is 0 Å². The lowest BCUT2D eigenvalue weighted by Gasteiger charge is -2.37. The number of aliphatic hydroxyl groups excluding tert-OH is 1. The molecule has 3 N–H and O–H groups in total. The lowest BCUT2D eigenvalue weighted by molar-refractivity contribution is 0.0340. The predicted octanol–water partition coefficient (Wildman–Crippen LogP) is 3.48. The molecule has 3 atom stereocenters. The van der Waals surface area contributed by atoms with Gasteiger partial charge in [-0.2, -0.15) is 0 Å². The number of aliphatic hydroxyl groups is 1. The minimum absolute atomic E-state index is 0.0307. The number of halogens is 2. The Morgan fingerprint density at radius 1 is 1.33 bits per heavy atom. The van der Waals surface area contributed by atoms with Crippen LogP contribution in [0, 0.1) is 0 Å². The molecule has 3 unspecified atom stereocenters. The maximum atomic E-state index is 9.85. The number of fused-ring (bicyclic) bond motifs is 2. The molecule has 0 radical (unpaired) electrons. The van der Waals surface area contributed by atoms with Crippen molar-refractivity contribution in [3.8, 4) is 0 Å². The number of hydrogen-bond acceptors (Lipinski definition) is 3. The molecular formula is C16H22BrClN2O. The van der Waals surface area contributed by atoms with Gasteiger partial charge in [0.2, 0.25) is 0 Å². The van der Waals surface area contributed by atoms with Gasteiger partial charge in [0.15, 0.2) is 0 Å². The van der Waals surface area contributed by atoms with E-state index in [9.17, 15) is 5.11 Å². The maximum absolute atomic E-state index is 9.85. The summed E-state index contributed by atoms with van der Waals surface area (Å²) in [4.78, 5) is 2.55. The highest BCUT2D eigenvalue weighted by atomic mass is 79.9. The molecule has 0 saturated carbocycles. The topological polar surface area (TPSA) is 49.5 Å². The molecule has 5 heteroatoms. The third-order valence-electron chi connectivity index (χ3n) is 4.92. The second-order valence-electron chi connectivity index (χ2n) is 6.31. The van der Waals surface area contributed by atoms with Gasteiger partial charge in [0.1, 0.15) is 0 Å². The van der Waals surface area contributed by atoms with Crippen LogP contribution in [0.4, 0.5) is 0 Å². The lowest BCUT2D eigenvalue weighted by atomic mass is 9.98. The second kappa shape index (κ2) is 6.55. The zero-order chi connectivity index (χ0) is 15.0. The number of hydrogen-bond donors (Lipinski definition) is 2. The van der Waals surface area contributed by atoms with Crippen LogP contribution >= 0.6 is 27.5 Å². The molecule has 3 nitrogen and oxygen atoms in total. The van der Waals surface area contributed by atoms with E-state index >= 15 is 0 Å². The van der Waals surface area contributed by atoms with Crippen molar-refractivity contribution < 1.29 is 5.11 Å². The van der Waals surface area contributed by atoms with Crippen LogP contribution in [0.3, 0.4) is 0 Å². The molecular weight excluding hydrogens is 352 g/mol. The van der Waals surface area contributed by atoms with Crippen molar-refractivity contribution in [1.82, 2.24) is 4.90 Å². The van der Waals surface area contributed by atoms with Gasteiger partial charge in [0, 0.05) is 34.2 Å². The summed E-state index contributed by atoms with van der Waals surface area (Å²) in [6.07, 6.45) is 5.08. The number of nitrogens with zero attached hydrogens (tertiary/aromatic N) is 1. The fourth-order valence-corrected chi connectivity index (χ4v) is 4.67. The van der Waals surface area contributed by atoms with Gasteiger partial charge in [0.05, 0.1) is 6.10 Å². The number of nitrogens with two attached hydrogens (primary N) is 1. The van der Waals surface area contributed by atoms with E-state index in [0.717, 1.165) is 40.9 Å². The summed E-state index contributed by atoms with van der Waals surface area (Å²) in [7, 11) is 0. The van der Waals surface area contributed by atoms with Gasteiger partial charge in [0.25, 0.3) is 0 Å². The van der Waals surface area contributed by atoms with Gasteiger partial charge < -0.3 is 10.8 Å². The van der Waals surface area contributed by atoms with E-state index in [2.05, 4.69) is 20.8 Å². The van der Waals surface area contributed by atoms with Crippen LogP contribution in [0.2, 0.25) is 5.02 Å². The average Bonchev–Trinajstić information content (AvgIpc) is 2.66. The summed E-state index contributed by atoms with van der Waals surface area (Å²) in [5.74, 6) is 0. The SMILES string of the molecule is NC(CCN1C2CCC1CC(O)C2)c1ccc(Br)cc1Cl. The fourth-order valence-electron chi connectivity index (χ4n) is 3.86. The molecule has 0 aromatic heterocycles. The van der Waals surface area contributed by atoms with Crippen LogP contribution in [0.15, 0.2) is 22.7 Å². The van der Waals surface area contributed by atoms with E-state index in [1.807, 2.05) is 18.2 Å². The molecule has 0 spiro atoms. The number of piperidine rings is 1. The van der Waals surface area contributed by atoms with E-state index in [4.69, 9.17) is 17.3 Å². The summed E-state index contributed by atoms with van der Waals surface area (Å²) >= 11 is 9.70. The number of benzene rings is 1. The predicted molar refractivity (Wildman–Crippen MR) is 89.5 cm³/mol. The minimum atomic E-state index is -0.103. The van der Waals surface area contributed by atoms with Crippen molar-refractivity contribution in [2.45, 2.75) is 56.3 Å². The zero-order valence-corrected chi connectivity index (χ0v) is 14.4. The van der Waals surface area contributed by atoms with Crippen molar-refractivity contribution in [3.05, 3.63) is 33.3 Å². The van der Waals surface area contributed by atoms with Crippen LogP contribution in [-0.4, -0.2) is 34.7 Å². The third kappa shape index (κ3) is 3.45. The van der Waals surface area contributed by atoms with Crippen molar-refractivity contribution in [1.29, 1.82) is 0 Å². The smallest absolute Gasteiger partial charge is 0.0570 e. The van der Waals surface area contributed by atoms with E-state index in [0.29, 0.717) is 12.1 Å². The maximum Gasteiger partial charge on any atom is 0.0570 e. The summed E-state index contributed by atoms with van der Waals surface area (Å²) in [5, 5.41) is 10.6. The Hall–Kier alpha value is -0.130.